The van der Waals surface area contributed by atoms with Crippen LogP contribution in [0, 0.1) is 6.92 Å². The Labute approximate surface area is 146 Å². The summed E-state index contributed by atoms with van der Waals surface area (Å²) >= 11 is 0. The molecule has 0 bridgehead atoms. The fourth-order valence-corrected chi connectivity index (χ4v) is 1.91. The van der Waals surface area contributed by atoms with Crippen molar-refractivity contribution in [2.45, 2.75) is 27.7 Å². The predicted octanol–water partition coefficient (Wildman–Crippen LogP) is 4.04. The maximum Gasteiger partial charge on any atom is 0.319 e. The molecule has 0 fully saturated rings. The second-order valence-electron chi connectivity index (χ2n) is 5.14. The Morgan fingerprint density at radius 1 is 1.29 bits per heavy atom. The van der Waals surface area contributed by atoms with Gasteiger partial charge in [0.2, 0.25) is 0 Å². The lowest BCUT2D eigenvalue weighted by Crippen LogP contribution is -2.28. The highest BCUT2D eigenvalue weighted by Gasteiger charge is 2.06. The number of aromatic nitrogens is 1. The molecule has 1 heterocycles. The minimum absolute atomic E-state index is 0.236. The van der Waals surface area contributed by atoms with Crippen LogP contribution in [0.3, 0.4) is 0 Å². The van der Waals surface area contributed by atoms with E-state index in [0.29, 0.717) is 6.54 Å². The molecule has 4 nitrogen and oxygen atoms in total. The molecule has 0 saturated carbocycles. The molecule has 0 unspecified atom stereocenters. The first-order chi connectivity index (χ1) is 11.5. The quantitative estimate of drug-likeness (QED) is 0.559. The average Bonchev–Trinajstić information content (AvgIpc) is 2.59. The first-order valence-corrected chi connectivity index (χ1v) is 8.22. The normalized spacial score (nSPS) is 11.7. The van der Waals surface area contributed by atoms with Crippen molar-refractivity contribution >= 4 is 12.0 Å². The number of esters is 1. The van der Waals surface area contributed by atoms with Gasteiger partial charge < -0.3 is 4.74 Å². The van der Waals surface area contributed by atoms with Crippen molar-refractivity contribution in [2.75, 3.05) is 27.2 Å². The average molecular weight is 330 g/mol. The molecule has 1 rings (SSSR count). The van der Waals surface area contributed by atoms with E-state index < -0.39 is 0 Å². The SMILES string of the molecule is CC.C\C=C/C=C(\C=C\c1cncc(C)c1)CN(C)CC(=O)OC. The Morgan fingerprint density at radius 3 is 2.58 bits per heavy atom. The van der Waals surface area contributed by atoms with Gasteiger partial charge in [-0.25, -0.2) is 0 Å². The molecule has 0 N–H and O–H groups in total. The van der Waals surface area contributed by atoms with Crippen LogP contribution in [-0.2, 0) is 9.53 Å². The third-order valence-corrected chi connectivity index (χ3v) is 2.97. The zero-order chi connectivity index (χ0) is 18.4. The van der Waals surface area contributed by atoms with Crippen LogP contribution in [0.15, 0.2) is 48.3 Å². The second kappa shape index (κ2) is 13.3. The highest BCUT2D eigenvalue weighted by Crippen LogP contribution is 2.08. The molecule has 1 aromatic rings. The van der Waals surface area contributed by atoms with Crippen molar-refractivity contribution in [3.8, 4) is 0 Å². The first-order valence-electron chi connectivity index (χ1n) is 8.22. The van der Waals surface area contributed by atoms with Crippen LogP contribution < -0.4 is 0 Å². The van der Waals surface area contributed by atoms with Crippen LogP contribution in [0.2, 0.25) is 0 Å². The van der Waals surface area contributed by atoms with E-state index in [1.54, 1.807) is 0 Å². The molecule has 0 atom stereocenters. The number of methoxy groups -OCH3 is 1. The molecule has 0 aliphatic rings. The molecule has 0 aliphatic heterocycles. The van der Waals surface area contributed by atoms with Crippen molar-refractivity contribution in [2.24, 2.45) is 0 Å². The van der Waals surface area contributed by atoms with E-state index in [2.05, 4.69) is 15.8 Å². The number of likely N-dealkylation sites (N-methyl/N-ethyl adjacent to an activating group) is 1. The van der Waals surface area contributed by atoms with Gasteiger partial charge in [0.1, 0.15) is 0 Å². The van der Waals surface area contributed by atoms with Gasteiger partial charge in [-0.2, -0.15) is 0 Å². The summed E-state index contributed by atoms with van der Waals surface area (Å²) in [5, 5.41) is 0. The number of nitrogens with zero attached hydrogens (tertiary/aromatic N) is 2. The predicted molar refractivity (Wildman–Crippen MR) is 102 cm³/mol. The van der Waals surface area contributed by atoms with Gasteiger partial charge in [-0.3, -0.25) is 14.7 Å². The number of carbonyl (C=O) groups excluding carboxylic acids is 1. The third kappa shape index (κ3) is 9.74. The van der Waals surface area contributed by atoms with E-state index in [-0.39, 0.29) is 12.5 Å². The molecule has 0 saturated heterocycles. The van der Waals surface area contributed by atoms with Crippen molar-refractivity contribution in [3.63, 3.8) is 0 Å². The number of hydrogen-bond donors (Lipinski definition) is 0. The minimum Gasteiger partial charge on any atom is -0.468 e. The maximum absolute atomic E-state index is 11.3. The molecule has 0 amide bonds. The van der Waals surface area contributed by atoms with E-state index in [1.165, 1.54) is 7.11 Å². The summed E-state index contributed by atoms with van der Waals surface area (Å²) in [5.74, 6) is -0.236. The smallest absolute Gasteiger partial charge is 0.319 e. The van der Waals surface area contributed by atoms with Gasteiger partial charge in [-0.15, -0.1) is 0 Å². The number of carbonyl (C=O) groups is 1. The highest BCUT2D eigenvalue weighted by molar-refractivity contribution is 5.71. The lowest BCUT2D eigenvalue weighted by atomic mass is 10.1. The zero-order valence-electron chi connectivity index (χ0n) is 15.7. The Hall–Kier alpha value is -2.20. The molecule has 1 aromatic heterocycles. The second-order valence-corrected chi connectivity index (χ2v) is 5.14. The van der Waals surface area contributed by atoms with Crippen molar-refractivity contribution in [1.82, 2.24) is 9.88 Å². The molecule has 4 heteroatoms. The Balaban J connectivity index is 0.00000254. The van der Waals surface area contributed by atoms with E-state index in [0.717, 1.165) is 16.7 Å². The van der Waals surface area contributed by atoms with Crippen molar-refractivity contribution in [1.29, 1.82) is 0 Å². The summed E-state index contributed by atoms with van der Waals surface area (Å²) in [6.07, 6.45) is 13.7. The summed E-state index contributed by atoms with van der Waals surface area (Å²) in [6, 6.07) is 2.08. The van der Waals surface area contributed by atoms with Gasteiger partial charge in [-0.1, -0.05) is 44.2 Å². The highest BCUT2D eigenvalue weighted by atomic mass is 16.5. The van der Waals surface area contributed by atoms with Crippen LogP contribution in [0.1, 0.15) is 31.9 Å². The van der Waals surface area contributed by atoms with Crippen molar-refractivity contribution < 1.29 is 9.53 Å². The first kappa shape index (κ1) is 21.8. The molecule has 24 heavy (non-hydrogen) atoms. The van der Waals surface area contributed by atoms with Gasteiger partial charge in [-0.05, 0) is 43.7 Å². The number of hydrogen-bond acceptors (Lipinski definition) is 4. The molecule has 0 aliphatic carbocycles. The van der Waals surface area contributed by atoms with Gasteiger partial charge >= 0.3 is 5.97 Å². The van der Waals surface area contributed by atoms with Crippen LogP contribution in [-0.4, -0.2) is 43.1 Å². The van der Waals surface area contributed by atoms with E-state index in [4.69, 9.17) is 0 Å². The summed E-state index contributed by atoms with van der Waals surface area (Å²) in [4.78, 5) is 17.4. The molecule has 0 aromatic carbocycles. The van der Waals surface area contributed by atoms with Crippen LogP contribution in [0.5, 0.6) is 0 Å². The molecule has 0 radical (unpaired) electrons. The van der Waals surface area contributed by atoms with Crippen molar-refractivity contribution in [3.05, 3.63) is 59.5 Å². The van der Waals surface area contributed by atoms with Gasteiger partial charge in [0.15, 0.2) is 0 Å². The lowest BCUT2D eigenvalue weighted by molar-refractivity contribution is -0.141. The largest absolute Gasteiger partial charge is 0.468 e. The van der Waals surface area contributed by atoms with Gasteiger partial charge in [0.05, 0.1) is 13.7 Å². The maximum atomic E-state index is 11.3. The van der Waals surface area contributed by atoms with E-state index in [9.17, 15) is 4.79 Å². The van der Waals surface area contributed by atoms with Crippen LogP contribution >= 0.6 is 0 Å². The fourth-order valence-electron chi connectivity index (χ4n) is 1.91. The zero-order valence-corrected chi connectivity index (χ0v) is 15.7. The number of pyridine rings is 1. The summed E-state index contributed by atoms with van der Waals surface area (Å²) < 4.78 is 4.69. The summed E-state index contributed by atoms with van der Waals surface area (Å²) in [5.41, 5.74) is 3.29. The van der Waals surface area contributed by atoms with Crippen LogP contribution in [0.25, 0.3) is 6.08 Å². The Kier molecular flexibility index (Phi) is 12.0. The monoisotopic (exact) mass is 330 g/mol. The van der Waals surface area contributed by atoms with Gasteiger partial charge in [0, 0.05) is 18.9 Å². The summed E-state index contributed by atoms with van der Waals surface area (Å²) in [7, 11) is 3.29. The molecular weight excluding hydrogens is 300 g/mol. The van der Waals surface area contributed by atoms with Gasteiger partial charge in [0.25, 0.3) is 0 Å². The third-order valence-electron chi connectivity index (χ3n) is 2.97. The number of rotatable bonds is 7. The fraction of sp³-hybridized carbons (Fsp3) is 0.400. The van der Waals surface area contributed by atoms with E-state index >= 15 is 0 Å². The standard InChI is InChI=1S/C18H24N2O2.C2H6/c1-5-6-7-16(13-20(3)14-18(21)22-4)8-9-17-10-15(2)11-19-12-17;1-2/h5-12H,13-14H2,1-4H3;1-2H3/b6-5-,9-8+,16-7+;. The lowest BCUT2D eigenvalue weighted by Gasteiger charge is -2.15. The number of aryl methyl sites for hydroxylation is 1. The molecule has 0 spiro atoms. The van der Waals surface area contributed by atoms with Crippen LogP contribution in [0.4, 0.5) is 0 Å². The number of ether oxygens (including phenoxy) is 1. The Bertz CT molecular complexity index is 575. The number of allylic oxidation sites excluding steroid dienone is 3. The molecule has 132 valence electrons. The Morgan fingerprint density at radius 2 is 2.00 bits per heavy atom. The minimum atomic E-state index is -0.236. The molecular formula is C20H30N2O2. The van der Waals surface area contributed by atoms with E-state index in [1.807, 2.05) is 82.4 Å². The summed E-state index contributed by atoms with van der Waals surface area (Å²) in [6.45, 7) is 8.92. The topological polar surface area (TPSA) is 42.4 Å².